The molecule has 0 bridgehead atoms. The molecule has 128 valence electrons. The van der Waals surface area contributed by atoms with E-state index >= 15 is 0 Å². The first-order chi connectivity index (χ1) is 12.1. The van der Waals surface area contributed by atoms with E-state index in [0.29, 0.717) is 17.2 Å². The summed E-state index contributed by atoms with van der Waals surface area (Å²) in [6, 6.07) is 12.0. The monoisotopic (exact) mass is 358 g/mol. The molecule has 2 aliphatic heterocycles. The zero-order valence-corrected chi connectivity index (χ0v) is 14.2. The summed E-state index contributed by atoms with van der Waals surface area (Å²) < 4.78 is 18.3. The molecule has 2 aliphatic rings. The first kappa shape index (κ1) is 16.0. The van der Waals surface area contributed by atoms with Gasteiger partial charge in [-0.3, -0.25) is 9.69 Å². The maximum Gasteiger partial charge on any atom is 0.333 e. The molecule has 2 fully saturated rings. The van der Waals surface area contributed by atoms with E-state index in [9.17, 15) is 14.0 Å². The molecule has 0 saturated carbocycles. The van der Waals surface area contributed by atoms with Gasteiger partial charge in [0.05, 0.1) is 12.8 Å². The van der Waals surface area contributed by atoms with Gasteiger partial charge in [0.2, 0.25) is 0 Å². The number of amides is 3. The molecule has 2 saturated heterocycles. The fourth-order valence-electron chi connectivity index (χ4n) is 3.14. The van der Waals surface area contributed by atoms with Gasteiger partial charge in [-0.05, 0) is 42.0 Å². The smallest absolute Gasteiger partial charge is 0.333 e. The van der Waals surface area contributed by atoms with Gasteiger partial charge in [0.15, 0.2) is 0 Å². The molecule has 4 rings (SSSR count). The summed E-state index contributed by atoms with van der Waals surface area (Å²) in [5, 5.41) is -0.287. The van der Waals surface area contributed by atoms with Gasteiger partial charge < -0.3 is 4.74 Å². The molecule has 0 radical (unpaired) electrons. The number of nitrogens with zero attached hydrogens (tertiary/aromatic N) is 2. The molecule has 0 aliphatic carbocycles. The molecule has 25 heavy (non-hydrogen) atoms. The Kier molecular flexibility index (Phi) is 3.88. The molecule has 2 atom stereocenters. The van der Waals surface area contributed by atoms with Crippen molar-refractivity contribution >= 4 is 29.4 Å². The van der Waals surface area contributed by atoms with Crippen molar-refractivity contribution in [2.75, 3.05) is 17.8 Å². The Morgan fingerprint density at radius 3 is 2.40 bits per heavy atom. The summed E-state index contributed by atoms with van der Waals surface area (Å²) in [7, 11) is 1.56. The Labute approximate surface area is 148 Å². The van der Waals surface area contributed by atoms with E-state index in [1.54, 1.807) is 48.4 Å². The minimum absolute atomic E-state index is 0.229. The Morgan fingerprint density at radius 1 is 1.08 bits per heavy atom. The number of methoxy groups -OCH3 is 1. The van der Waals surface area contributed by atoms with Crippen molar-refractivity contribution in [3.8, 4) is 5.75 Å². The number of benzene rings is 2. The van der Waals surface area contributed by atoms with Gasteiger partial charge in [-0.15, -0.1) is 11.8 Å². The van der Waals surface area contributed by atoms with Crippen LogP contribution in [0, 0.1) is 5.82 Å². The van der Waals surface area contributed by atoms with Gasteiger partial charge in [-0.1, -0.05) is 12.1 Å². The van der Waals surface area contributed by atoms with Gasteiger partial charge in [-0.25, -0.2) is 14.1 Å². The van der Waals surface area contributed by atoms with Crippen molar-refractivity contribution in [1.82, 2.24) is 4.90 Å². The summed E-state index contributed by atoms with van der Waals surface area (Å²) in [5.41, 5.74) is 1.33. The number of anilines is 1. The topological polar surface area (TPSA) is 49.9 Å². The predicted molar refractivity (Wildman–Crippen MR) is 93.1 cm³/mol. The van der Waals surface area contributed by atoms with Crippen molar-refractivity contribution in [2.24, 2.45) is 0 Å². The summed E-state index contributed by atoms with van der Waals surface area (Å²) >= 11 is 1.52. The lowest BCUT2D eigenvalue weighted by Crippen LogP contribution is -2.33. The number of imide groups is 1. The molecule has 3 amide bonds. The van der Waals surface area contributed by atoms with Crippen LogP contribution in [0.4, 0.5) is 14.9 Å². The fraction of sp³-hybridized carbons (Fsp3) is 0.222. The molecule has 0 spiro atoms. The molecule has 5 nitrogen and oxygen atoms in total. The fourth-order valence-corrected chi connectivity index (χ4v) is 4.56. The zero-order chi connectivity index (χ0) is 17.6. The first-order valence-corrected chi connectivity index (χ1v) is 8.82. The molecule has 7 heteroatoms. The van der Waals surface area contributed by atoms with E-state index in [1.807, 2.05) is 0 Å². The molecule has 0 aromatic heterocycles. The van der Waals surface area contributed by atoms with Gasteiger partial charge in [0.25, 0.3) is 5.91 Å². The number of fused-ring (bicyclic) bond motifs is 1. The Balaban J connectivity index is 1.65. The summed E-state index contributed by atoms with van der Waals surface area (Å²) in [6.45, 7) is 0. The highest BCUT2D eigenvalue weighted by Gasteiger charge is 2.53. The van der Waals surface area contributed by atoms with Gasteiger partial charge >= 0.3 is 6.03 Å². The largest absolute Gasteiger partial charge is 0.497 e. The molecular weight excluding hydrogens is 343 g/mol. The Hall–Kier alpha value is -2.54. The molecule has 2 heterocycles. The number of thioether (sulfide) groups is 1. The van der Waals surface area contributed by atoms with Crippen LogP contribution in [0.2, 0.25) is 0 Å². The van der Waals surface area contributed by atoms with Crippen LogP contribution in [-0.2, 0) is 4.79 Å². The van der Waals surface area contributed by atoms with E-state index in [4.69, 9.17) is 4.74 Å². The van der Waals surface area contributed by atoms with E-state index in [0.717, 1.165) is 5.56 Å². The lowest BCUT2D eigenvalue weighted by Gasteiger charge is -2.23. The van der Waals surface area contributed by atoms with Crippen LogP contribution in [0.5, 0.6) is 5.75 Å². The number of urea groups is 1. The van der Waals surface area contributed by atoms with Crippen molar-refractivity contribution in [3.05, 3.63) is 59.9 Å². The number of halogens is 1. The third-order valence-electron chi connectivity index (χ3n) is 4.40. The molecule has 2 aromatic carbocycles. The SMILES string of the molecule is COc1ccc(N2C(=O)[C@@H]3CSC(c4ccc(F)cc4)N3C2=O)cc1. The highest BCUT2D eigenvalue weighted by atomic mass is 32.2. The predicted octanol–water partition coefficient (Wildman–Crippen LogP) is 3.42. The van der Waals surface area contributed by atoms with Crippen molar-refractivity contribution in [3.63, 3.8) is 0 Å². The number of carbonyl (C=O) groups is 2. The normalized spacial score (nSPS) is 22.5. The molecule has 1 unspecified atom stereocenters. The van der Waals surface area contributed by atoms with Crippen LogP contribution >= 0.6 is 11.8 Å². The molecule has 0 N–H and O–H groups in total. The minimum Gasteiger partial charge on any atom is -0.497 e. The highest BCUT2D eigenvalue weighted by molar-refractivity contribution is 7.99. The van der Waals surface area contributed by atoms with Crippen LogP contribution in [-0.4, -0.2) is 35.7 Å². The lowest BCUT2D eigenvalue weighted by atomic mass is 10.2. The van der Waals surface area contributed by atoms with E-state index < -0.39 is 6.04 Å². The average Bonchev–Trinajstić information content (AvgIpc) is 3.17. The van der Waals surface area contributed by atoms with Crippen LogP contribution in [0.25, 0.3) is 0 Å². The highest BCUT2D eigenvalue weighted by Crippen LogP contribution is 2.46. The van der Waals surface area contributed by atoms with Crippen molar-refractivity contribution < 1.29 is 18.7 Å². The number of carbonyl (C=O) groups excluding carboxylic acids is 2. The second-order valence-electron chi connectivity index (χ2n) is 5.81. The van der Waals surface area contributed by atoms with E-state index in [1.165, 1.54) is 28.8 Å². The Morgan fingerprint density at radius 2 is 1.76 bits per heavy atom. The first-order valence-electron chi connectivity index (χ1n) is 7.77. The number of rotatable bonds is 3. The lowest BCUT2D eigenvalue weighted by molar-refractivity contribution is -0.119. The quantitative estimate of drug-likeness (QED) is 0.789. The maximum absolute atomic E-state index is 13.2. The van der Waals surface area contributed by atoms with Gasteiger partial charge in [-0.2, -0.15) is 0 Å². The van der Waals surface area contributed by atoms with Crippen molar-refractivity contribution in [1.29, 1.82) is 0 Å². The van der Waals surface area contributed by atoms with Crippen LogP contribution in [0.15, 0.2) is 48.5 Å². The summed E-state index contributed by atoms with van der Waals surface area (Å²) in [4.78, 5) is 28.5. The van der Waals surface area contributed by atoms with E-state index in [-0.39, 0.29) is 23.1 Å². The van der Waals surface area contributed by atoms with Crippen LogP contribution in [0.3, 0.4) is 0 Å². The third kappa shape index (κ3) is 2.55. The van der Waals surface area contributed by atoms with Gasteiger partial charge in [0, 0.05) is 5.75 Å². The third-order valence-corrected chi connectivity index (χ3v) is 5.73. The zero-order valence-electron chi connectivity index (χ0n) is 13.4. The van der Waals surface area contributed by atoms with Crippen LogP contribution < -0.4 is 9.64 Å². The summed E-state index contributed by atoms with van der Waals surface area (Å²) in [6.07, 6.45) is 0. The number of hydrogen-bond donors (Lipinski definition) is 0. The number of hydrogen-bond acceptors (Lipinski definition) is 4. The standard InChI is InChI=1S/C18H15FN2O3S/c1-24-14-8-6-13(7-9-14)20-16(22)15-10-25-17(21(15)18(20)23)11-2-4-12(19)5-3-11/h2-9,15,17H,10H2,1H3/t15-,17?/m0/s1. The molecular formula is C18H15FN2O3S. The summed E-state index contributed by atoms with van der Waals surface area (Å²) in [5.74, 6) is 0.626. The second kappa shape index (κ2) is 6.07. The average molecular weight is 358 g/mol. The van der Waals surface area contributed by atoms with Gasteiger partial charge in [0.1, 0.15) is 23.0 Å². The maximum atomic E-state index is 13.2. The van der Waals surface area contributed by atoms with E-state index in [2.05, 4.69) is 0 Å². The second-order valence-corrected chi connectivity index (χ2v) is 6.93. The molecule has 2 aromatic rings. The Bertz CT molecular complexity index is 825. The number of ether oxygens (including phenoxy) is 1. The van der Waals surface area contributed by atoms with Crippen molar-refractivity contribution in [2.45, 2.75) is 11.4 Å². The minimum atomic E-state index is -0.491. The van der Waals surface area contributed by atoms with Crippen LogP contribution in [0.1, 0.15) is 10.9 Å².